The summed E-state index contributed by atoms with van der Waals surface area (Å²) >= 11 is 0. The summed E-state index contributed by atoms with van der Waals surface area (Å²) in [6.07, 6.45) is 1.68. The molecule has 2 N–H and O–H groups in total. The molecule has 0 unspecified atom stereocenters. The van der Waals surface area contributed by atoms with Gasteiger partial charge >= 0.3 is 5.97 Å². The van der Waals surface area contributed by atoms with E-state index in [9.17, 15) is 13.2 Å². The van der Waals surface area contributed by atoms with Crippen LogP contribution in [0.25, 0.3) is 0 Å². The second-order valence-electron chi connectivity index (χ2n) is 6.03. The van der Waals surface area contributed by atoms with Crippen LogP contribution in [-0.2, 0) is 19.5 Å². The number of methoxy groups -OCH3 is 2. The van der Waals surface area contributed by atoms with E-state index >= 15 is 0 Å². The molecule has 1 aliphatic heterocycles. The smallest absolute Gasteiger partial charge is 0.337 e. The summed E-state index contributed by atoms with van der Waals surface area (Å²) in [6.45, 7) is 2.47. The molecule has 0 amide bonds. The minimum absolute atomic E-state index is 0. The number of hydrogen-bond donors (Lipinski definition) is 2. The zero-order chi connectivity index (χ0) is 17.6. The first kappa shape index (κ1) is 21.9. The Kier molecular flexibility index (Phi) is 8.30. The summed E-state index contributed by atoms with van der Waals surface area (Å²) in [5, 5.41) is 3.27. The third-order valence-corrected chi connectivity index (χ3v) is 5.72. The molecule has 0 saturated carbocycles. The van der Waals surface area contributed by atoms with Crippen molar-refractivity contribution in [1.82, 2.24) is 10.0 Å². The second-order valence-corrected chi connectivity index (χ2v) is 7.79. The predicted molar refractivity (Wildman–Crippen MR) is 96.6 cm³/mol. The molecule has 0 aromatic heterocycles. The fourth-order valence-electron chi connectivity index (χ4n) is 2.87. The van der Waals surface area contributed by atoms with E-state index in [1.54, 1.807) is 7.11 Å². The highest BCUT2D eigenvalue weighted by molar-refractivity contribution is 7.89. The number of nitrogens with one attached hydrogen (secondary N) is 2. The lowest BCUT2D eigenvalue weighted by atomic mass is 9.80. The monoisotopic (exact) mass is 392 g/mol. The van der Waals surface area contributed by atoms with Gasteiger partial charge < -0.3 is 14.8 Å². The first-order valence-corrected chi connectivity index (χ1v) is 9.28. The van der Waals surface area contributed by atoms with Gasteiger partial charge in [-0.25, -0.2) is 17.9 Å². The van der Waals surface area contributed by atoms with Crippen molar-refractivity contribution < 1.29 is 22.7 Å². The number of ether oxygens (including phenoxy) is 2. The summed E-state index contributed by atoms with van der Waals surface area (Å²) in [7, 11) is -0.834. The summed E-state index contributed by atoms with van der Waals surface area (Å²) < 4.78 is 37.7. The average molecular weight is 393 g/mol. The Bertz CT molecular complexity index is 669. The highest BCUT2D eigenvalue weighted by Crippen LogP contribution is 2.29. The van der Waals surface area contributed by atoms with Crippen LogP contribution in [0.15, 0.2) is 29.2 Å². The van der Waals surface area contributed by atoms with Crippen molar-refractivity contribution in [3.63, 3.8) is 0 Å². The number of halogens is 1. The summed E-state index contributed by atoms with van der Waals surface area (Å²) in [4.78, 5) is 11.6. The quantitative estimate of drug-likeness (QED) is 0.677. The van der Waals surface area contributed by atoms with E-state index in [4.69, 9.17) is 4.74 Å². The maximum Gasteiger partial charge on any atom is 0.337 e. The minimum atomic E-state index is -3.71. The van der Waals surface area contributed by atoms with Gasteiger partial charge in [0, 0.05) is 19.1 Å². The maximum absolute atomic E-state index is 12.6. The van der Waals surface area contributed by atoms with Crippen LogP contribution in [0.4, 0.5) is 0 Å². The topological polar surface area (TPSA) is 93.7 Å². The van der Waals surface area contributed by atoms with E-state index in [0.29, 0.717) is 13.2 Å². The summed E-state index contributed by atoms with van der Waals surface area (Å²) in [5.74, 6) is -0.568. The van der Waals surface area contributed by atoms with Crippen LogP contribution in [0.1, 0.15) is 23.2 Å². The standard InChI is InChI=1S/C16H24N2O5S.ClH/c1-22-12-16(6-8-17-9-7-16)11-18-24(20,21)14-5-3-4-13(10-14)15(19)23-2;/h3-5,10,17-18H,6-9,11-12H2,1-2H3;1H. The van der Waals surface area contributed by atoms with Crippen LogP contribution in [0.5, 0.6) is 0 Å². The normalized spacial score (nSPS) is 16.7. The van der Waals surface area contributed by atoms with Crippen LogP contribution < -0.4 is 10.0 Å². The Morgan fingerprint density at radius 3 is 2.56 bits per heavy atom. The molecule has 1 aromatic rings. The fourth-order valence-corrected chi connectivity index (χ4v) is 4.08. The molecule has 142 valence electrons. The number of benzene rings is 1. The van der Waals surface area contributed by atoms with E-state index in [-0.39, 0.29) is 28.3 Å². The molecule has 0 radical (unpaired) electrons. The van der Waals surface area contributed by atoms with Crippen LogP contribution in [0, 0.1) is 5.41 Å². The lowest BCUT2D eigenvalue weighted by molar-refractivity contribution is 0.0577. The molecule has 9 heteroatoms. The van der Waals surface area contributed by atoms with E-state index in [2.05, 4.69) is 14.8 Å². The Labute approximate surface area is 154 Å². The van der Waals surface area contributed by atoms with Gasteiger partial charge in [-0.1, -0.05) is 6.07 Å². The van der Waals surface area contributed by atoms with Crippen molar-refractivity contribution in [3.05, 3.63) is 29.8 Å². The van der Waals surface area contributed by atoms with Gasteiger partial charge in [0.25, 0.3) is 0 Å². The number of carbonyl (C=O) groups excluding carboxylic acids is 1. The van der Waals surface area contributed by atoms with E-state index in [1.165, 1.54) is 31.4 Å². The molecule has 0 aliphatic carbocycles. The fraction of sp³-hybridized carbons (Fsp3) is 0.562. The van der Waals surface area contributed by atoms with Gasteiger partial charge in [0.15, 0.2) is 0 Å². The molecule has 0 spiro atoms. The first-order valence-electron chi connectivity index (χ1n) is 7.80. The SMILES string of the molecule is COCC1(CNS(=O)(=O)c2cccc(C(=O)OC)c2)CCNCC1.Cl. The van der Waals surface area contributed by atoms with Gasteiger partial charge in [-0.3, -0.25) is 0 Å². The molecule has 25 heavy (non-hydrogen) atoms. The Morgan fingerprint density at radius 2 is 1.96 bits per heavy atom. The Morgan fingerprint density at radius 1 is 1.28 bits per heavy atom. The number of carbonyl (C=O) groups is 1. The van der Waals surface area contributed by atoms with Crippen molar-refractivity contribution in [1.29, 1.82) is 0 Å². The Hall–Kier alpha value is -1.19. The van der Waals surface area contributed by atoms with Crippen molar-refractivity contribution in [2.45, 2.75) is 17.7 Å². The molecule has 0 atom stereocenters. The lowest BCUT2D eigenvalue weighted by Gasteiger charge is -2.37. The average Bonchev–Trinajstić information content (AvgIpc) is 2.61. The predicted octanol–water partition coefficient (Wildman–Crippen LogP) is 1.19. The molecule has 2 rings (SSSR count). The molecule has 1 heterocycles. The number of sulfonamides is 1. The molecular weight excluding hydrogens is 368 g/mol. The van der Waals surface area contributed by atoms with Gasteiger partial charge in [0.1, 0.15) is 0 Å². The molecule has 0 bridgehead atoms. The van der Waals surface area contributed by atoms with Crippen molar-refractivity contribution in [2.75, 3.05) is 40.5 Å². The van der Waals surface area contributed by atoms with Crippen molar-refractivity contribution in [3.8, 4) is 0 Å². The highest BCUT2D eigenvalue weighted by atomic mass is 35.5. The zero-order valence-electron chi connectivity index (χ0n) is 14.4. The third-order valence-electron chi connectivity index (χ3n) is 4.32. The Balaban J connectivity index is 0.00000312. The van der Waals surface area contributed by atoms with Gasteiger partial charge in [0.05, 0.1) is 24.2 Å². The molecule has 1 saturated heterocycles. The minimum Gasteiger partial charge on any atom is -0.465 e. The number of rotatable bonds is 7. The zero-order valence-corrected chi connectivity index (χ0v) is 16.0. The highest BCUT2D eigenvalue weighted by Gasteiger charge is 2.33. The summed E-state index contributed by atoms with van der Waals surface area (Å²) in [6, 6.07) is 5.82. The summed E-state index contributed by atoms with van der Waals surface area (Å²) in [5.41, 5.74) is -0.0126. The van der Waals surface area contributed by atoms with Gasteiger partial charge in [-0.15, -0.1) is 12.4 Å². The van der Waals surface area contributed by atoms with Crippen LogP contribution in [0.3, 0.4) is 0 Å². The first-order chi connectivity index (χ1) is 11.4. The number of hydrogen-bond acceptors (Lipinski definition) is 6. The third kappa shape index (κ3) is 5.65. The molecule has 1 aromatic carbocycles. The molecule has 1 aliphatic rings. The molecular formula is C16H25ClN2O5S. The van der Waals surface area contributed by atoms with Crippen LogP contribution in [-0.4, -0.2) is 54.8 Å². The number of piperidine rings is 1. The van der Waals surface area contributed by atoms with Crippen LogP contribution >= 0.6 is 12.4 Å². The maximum atomic E-state index is 12.6. The van der Waals surface area contributed by atoms with E-state index < -0.39 is 16.0 Å². The van der Waals surface area contributed by atoms with E-state index in [0.717, 1.165) is 25.9 Å². The number of esters is 1. The molecule has 7 nitrogen and oxygen atoms in total. The van der Waals surface area contributed by atoms with Crippen molar-refractivity contribution >= 4 is 28.4 Å². The molecule has 1 fully saturated rings. The van der Waals surface area contributed by atoms with Gasteiger partial charge in [-0.2, -0.15) is 0 Å². The second kappa shape index (κ2) is 9.49. The lowest BCUT2D eigenvalue weighted by Crippen LogP contribution is -2.47. The van der Waals surface area contributed by atoms with Crippen molar-refractivity contribution in [2.24, 2.45) is 5.41 Å². The van der Waals surface area contributed by atoms with E-state index in [1.807, 2.05) is 0 Å². The van der Waals surface area contributed by atoms with Crippen LogP contribution in [0.2, 0.25) is 0 Å². The largest absolute Gasteiger partial charge is 0.465 e. The van der Waals surface area contributed by atoms with Gasteiger partial charge in [-0.05, 0) is 44.1 Å². The van der Waals surface area contributed by atoms with Gasteiger partial charge in [0.2, 0.25) is 10.0 Å².